The molecule has 388 valence electrons. The van der Waals surface area contributed by atoms with E-state index in [1.54, 1.807) is 22.7 Å². The number of hydrogen-bond donors (Lipinski definition) is 0. The maximum absolute atomic E-state index is 7.63. The molecule has 0 fully saturated rings. The van der Waals surface area contributed by atoms with E-state index < -0.39 is 11.2 Å². The summed E-state index contributed by atoms with van der Waals surface area (Å²) in [4.78, 5) is 4.88. The first-order valence-corrected chi connectivity index (χ1v) is 31.6. The summed E-state index contributed by atoms with van der Waals surface area (Å²) in [6.45, 7) is 10.4. The third kappa shape index (κ3) is 11.0. The molecular weight excluding hydrogens is 985 g/mol. The summed E-state index contributed by atoms with van der Waals surface area (Å²) in [6, 6.07) is 40.0. The van der Waals surface area contributed by atoms with E-state index in [9.17, 15) is 0 Å². The van der Waals surface area contributed by atoms with Crippen LogP contribution in [0.3, 0.4) is 0 Å². The molecule has 0 saturated heterocycles. The van der Waals surface area contributed by atoms with Crippen LogP contribution in [-0.4, -0.2) is 13.2 Å². The van der Waals surface area contributed by atoms with Crippen molar-refractivity contribution in [2.75, 3.05) is 13.2 Å². The summed E-state index contributed by atoms with van der Waals surface area (Å²) in [5.74, 6) is 3.64. The number of unbranched alkanes of at least 4 members (excludes halogenated alkanes) is 18. The van der Waals surface area contributed by atoms with Gasteiger partial charge in [0.2, 0.25) is 0 Å². The van der Waals surface area contributed by atoms with Crippen molar-refractivity contribution in [1.29, 1.82) is 0 Å². The Balaban J connectivity index is 0.992. The Morgan fingerprint density at radius 2 is 0.676 bits per heavy atom. The van der Waals surface area contributed by atoms with E-state index in [0.717, 1.165) is 71.3 Å². The molecule has 0 aliphatic carbocycles. The van der Waals surface area contributed by atoms with Crippen molar-refractivity contribution in [3.8, 4) is 42.5 Å². The maximum atomic E-state index is 7.63. The first-order chi connectivity index (χ1) is 36.4. The van der Waals surface area contributed by atoms with Crippen LogP contribution in [0.4, 0.5) is 0 Å². The van der Waals surface area contributed by atoms with Crippen molar-refractivity contribution in [1.82, 2.24) is 0 Å². The predicted octanol–water partition coefficient (Wildman–Crippen LogP) is 21.0. The van der Waals surface area contributed by atoms with Gasteiger partial charge in [0, 0.05) is 33.4 Å². The van der Waals surface area contributed by atoms with Gasteiger partial charge in [0.25, 0.3) is 0 Å². The number of benzene rings is 4. The zero-order valence-corrected chi connectivity index (χ0v) is 47.6. The monoisotopic (exact) mass is 1060 g/mol. The van der Waals surface area contributed by atoms with E-state index in [-0.39, 0.29) is 0 Å². The lowest BCUT2D eigenvalue weighted by Crippen LogP contribution is -2.38. The second kappa shape index (κ2) is 24.9. The van der Waals surface area contributed by atoms with Gasteiger partial charge in [-0.15, -0.1) is 45.3 Å². The minimum atomic E-state index is -0.934. The first-order valence-electron chi connectivity index (χ1n) is 28.2. The normalized spacial score (nSPS) is 16.5. The van der Waals surface area contributed by atoms with Crippen molar-refractivity contribution in [3.05, 3.63) is 164 Å². The molecule has 0 bridgehead atoms. The standard InChI is InChI=1S/C66H76O4S4/c1-5-7-9-11-13-15-17-19-21-23-43-67-53-37-33-51(34-38-53)65(49-29-25-47(3)26-30-49)57-61(59-55(69-65)41-45-71-59)73-64-58-62(74-63(57)64)60-56(42-46-72-60)70-66(58,50-31-27-48(4)28-32-50)52-35-39-54(40-36-52)68-44-24-22-20-18-16-14-12-10-8-6-2/h25-42,45-46H,5-24,43-44H2,1-4H3. The van der Waals surface area contributed by atoms with E-state index in [1.165, 1.54) is 167 Å². The number of aryl methyl sites for hydroxylation is 2. The summed E-state index contributed by atoms with van der Waals surface area (Å²) in [7, 11) is 0. The predicted molar refractivity (Wildman–Crippen MR) is 317 cm³/mol. The minimum Gasteiger partial charge on any atom is -0.494 e. The van der Waals surface area contributed by atoms with Gasteiger partial charge < -0.3 is 18.9 Å². The topological polar surface area (TPSA) is 36.9 Å². The largest absolute Gasteiger partial charge is 0.494 e. The van der Waals surface area contributed by atoms with Crippen LogP contribution in [0.25, 0.3) is 28.9 Å². The van der Waals surface area contributed by atoms with Crippen LogP contribution >= 0.6 is 45.3 Å². The van der Waals surface area contributed by atoms with E-state index in [1.807, 2.05) is 22.7 Å². The van der Waals surface area contributed by atoms with Crippen molar-refractivity contribution in [2.45, 2.75) is 167 Å². The van der Waals surface area contributed by atoms with E-state index >= 15 is 0 Å². The van der Waals surface area contributed by atoms with Crippen LogP contribution in [0.5, 0.6) is 23.0 Å². The molecule has 2 aliphatic heterocycles. The molecule has 8 aromatic rings. The van der Waals surface area contributed by atoms with Gasteiger partial charge >= 0.3 is 0 Å². The maximum Gasteiger partial charge on any atom is 0.187 e. The summed E-state index contributed by atoms with van der Waals surface area (Å²) in [5, 5.41) is 4.37. The van der Waals surface area contributed by atoms with Gasteiger partial charge in [-0.05, 0) is 73.8 Å². The third-order valence-electron chi connectivity index (χ3n) is 15.4. The minimum absolute atomic E-state index is 0.731. The molecular formula is C66H76O4S4. The second-order valence-corrected chi connectivity index (χ2v) is 24.8. The zero-order chi connectivity index (χ0) is 50.7. The van der Waals surface area contributed by atoms with E-state index in [0.29, 0.717) is 0 Å². The lowest BCUT2D eigenvalue weighted by atomic mass is 9.77. The molecule has 2 aliphatic rings. The van der Waals surface area contributed by atoms with E-state index in [4.69, 9.17) is 18.9 Å². The average molecular weight is 1060 g/mol. The quantitative estimate of drug-likeness (QED) is 0.0458. The van der Waals surface area contributed by atoms with Gasteiger partial charge in [0.05, 0.1) is 42.1 Å². The summed E-state index contributed by atoms with van der Waals surface area (Å²) < 4.78 is 30.6. The Labute approximate surface area is 458 Å². The smallest absolute Gasteiger partial charge is 0.187 e. The molecule has 74 heavy (non-hydrogen) atoms. The lowest BCUT2D eigenvalue weighted by molar-refractivity contribution is 0.154. The number of rotatable bonds is 28. The summed E-state index contributed by atoms with van der Waals surface area (Å²) in [6.07, 6.45) is 26.2. The first kappa shape index (κ1) is 52.6. The fraction of sp³-hybridized carbons (Fsp3) is 0.424. The molecule has 0 N–H and O–H groups in total. The highest BCUT2D eigenvalue weighted by molar-refractivity contribution is 7.34. The van der Waals surface area contributed by atoms with Crippen LogP contribution in [-0.2, 0) is 11.2 Å². The molecule has 0 saturated carbocycles. The Bertz CT molecular complexity index is 2800. The molecule has 4 aromatic carbocycles. The average Bonchev–Trinajstić information content (AvgIpc) is 4.29. The van der Waals surface area contributed by atoms with Crippen LogP contribution in [0, 0.1) is 13.8 Å². The number of hydrogen-bond acceptors (Lipinski definition) is 8. The number of fused-ring (bicyclic) bond motifs is 9. The molecule has 10 rings (SSSR count). The molecule has 4 aromatic heterocycles. The third-order valence-corrected chi connectivity index (χ3v) is 20.1. The molecule has 0 spiro atoms. The van der Waals surface area contributed by atoms with Crippen LogP contribution in [0.2, 0.25) is 0 Å². The highest BCUT2D eigenvalue weighted by Crippen LogP contribution is 2.65. The van der Waals surface area contributed by atoms with Crippen molar-refractivity contribution in [3.63, 3.8) is 0 Å². The number of ether oxygens (including phenoxy) is 4. The molecule has 2 atom stereocenters. The summed E-state index contributed by atoms with van der Waals surface area (Å²) >= 11 is 7.35. The van der Waals surface area contributed by atoms with Gasteiger partial charge in [0.1, 0.15) is 23.0 Å². The second-order valence-electron chi connectivity index (χ2n) is 20.9. The van der Waals surface area contributed by atoms with Crippen molar-refractivity contribution < 1.29 is 18.9 Å². The number of thiophene rings is 4. The Hall–Kier alpha value is -4.86. The molecule has 4 nitrogen and oxygen atoms in total. The van der Waals surface area contributed by atoms with Gasteiger partial charge in [-0.2, -0.15) is 0 Å². The Morgan fingerprint density at radius 3 is 1.01 bits per heavy atom. The van der Waals surface area contributed by atoms with Crippen molar-refractivity contribution >= 4 is 54.7 Å². The SMILES string of the molecule is CCCCCCCCCCCCOc1ccc(C2(c3ccc(C)cc3)Oc3ccsc3-c3sc4c5c(sc4c32)-c2sccc2OC5(c2ccc(C)cc2)c2ccc(OCCCCCCCCCCCC)cc2)cc1. The fourth-order valence-electron chi connectivity index (χ4n) is 11.3. The molecule has 8 heteroatoms. The van der Waals surface area contributed by atoms with Gasteiger partial charge in [-0.25, -0.2) is 0 Å². The summed E-state index contributed by atoms with van der Waals surface area (Å²) in [5.41, 5.74) is 7.38. The molecule has 2 unspecified atom stereocenters. The highest BCUT2D eigenvalue weighted by atomic mass is 32.1. The fourth-order valence-corrected chi connectivity index (χ4v) is 16.3. The van der Waals surface area contributed by atoms with Crippen LogP contribution in [0.15, 0.2) is 120 Å². The lowest BCUT2D eigenvalue weighted by Gasteiger charge is -2.39. The van der Waals surface area contributed by atoms with Gasteiger partial charge in [-0.3, -0.25) is 0 Å². The van der Waals surface area contributed by atoms with Crippen molar-refractivity contribution in [2.24, 2.45) is 0 Å². The highest BCUT2D eigenvalue weighted by Gasteiger charge is 2.52. The Morgan fingerprint density at radius 1 is 0.365 bits per heavy atom. The zero-order valence-electron chi connectivity index (χ0n) is 44.4. The van der Waals surface area contributed by atoms with Gasteiger partial charge in [0.15, 0.2) is 11.2 Å². The van der Waals surface area contributed by atoms with Gasteiger partial charge in [-0.1, -0.05) is 213 Å². The molecule has 0 amide bonds. The van der Waals surface area contributed by atoms with Crippen LogP contribution < -0.4 is 18.9 Å². The van der Waals surface area contributed by atoms with E-state index in [2.05, 4.69) is 148 Å². The Kier molecular flexibility index (Phi) is 17.7. The molecule has 0 radical (unpaired) electrons. The molecule has 6 heterocycles. The van der Waals surface area contributed by atoms with Crippen LogP contribution in [0.1, 0.15) is 187 Å².